The quantitative estimate of drug-likeness (QED) is 0.351. The van der Waals surface area contributed by atoms with E-state index in [1.165, 1.54) is 0 Å². The molecule has 0 unspecified atom stereocenters. The van der Waals surface area contributed by atoms with Crippen molar-refractivity contribution in [1.82, 2.24) is 0 Å². The van der Waals surface area contributed by atoms with Gasteiger partial charge in [-0.2, -0.15) is 0 Å². The Balaban J connectivity index is 0. The van der Waals surface area contributed by atoms with Crippen LogP contribution in [0, 0.1) is 0 Å². The van der Waals surface area contributed by atoms with Gasteiger partial charge in [-0.15, -0.1) is 0 Å². The number of hydrogen-bond donors (Lipinski definition) is 0. The predicted octanol–water partition coefficient (Wildman–Crippen LogP) is -1.09. The van der Waals surface area contributed by atoms with E-state index in [9.17, 15) is 25.9 Å². The Morgan fingerprint density at radius 3 is 1.09 bits per heavy atom. The molecule has 0 N–H and O–H groups in total. The van der Waals surface area contributed by atoms with E-state index in [2.05, 4.69) is 0 Å². The first-order chi connectivity index (χ1) is 4.21. The second-order valence-electron chi connectivity index (χ2n) is 0.953. The zero-order chi connectivity index (χ0) is 8.41. The van der Waals surface area contributed by atoms with Gasteiger partial charge in [0.15, 0.2) is 18.3 Å². The van der Waals surface area contributed by atoms with Crippen LogP contribution in [0.25, 0.3) is 0 Å². The molecule has 0 fully saturated rings. The van der Waals surface area contributed by atoms with Crippen LogP contribution in [0.5, 0.6) is 0 Å². The molecule has 0 bridgehead atoms. The van der Waals surface area contributed by atoms with Crippen LogP contribution in [0.4, 0.5) is 0 Å². The molecule has 0 aliphatic carbocycles. The van der Waals surface area contributed by atoms with E-state index in [1.54, 1.807) is 0 Å². The Bertz CT molecular complexity index is 251. The summed E-state index contributed by atoms with van der Waals surface area (Å²) in [6.45, 7) is 0. The smallest absolute Gasteiger partial charge is 0.739 e. The fourth-order valence-electron chi connectivity index (χ4n) is 0.0680. The van der Waals surface area contributed by atoms with E-state index in [0.29, 0.717) is 0 Å². The van der Waals surface area contributed by atoms with Crippen molar-refractivity contribution in [1.29, 1.82) is 0 Å². The van der Waals surface area contributed by atoms with Gasteiger partial charge in [0.25, 0.3) is 0 Å². The molecule has 0 spiro atoms. The fraction of sp³-hybridized carbons (Fsp3) is 0. The van der Waals surface area contributed by atoms with Gasteiger partial charge in [0.1, 0.15) is 0 Å². The van der Waals surface area contributed by atoms with Gasteiger partial charge in [0.2, 0.25) is 0 Å². The first-order valence-corrected chi connectivity index (χ1v) is 7.50. The van der Waals surface area contributed by atoms with Crippen molar-refractivity contribution in [3.8, 4) is 0 Å². The molecule has 0 heterocycles. The molecule has 62 valence electrons. The first-order valence-electron chi connectivity index (χ1n) is 1.50. The minimum Gasteiger partial charge on any atom is -0.739 e. The molecule has 0 aliphatic heterocycles. The SMILES string of the molecule is O=S(=O)([O-])SSS(=O)(=O)[O-].[Mg+2]. The summed E-state index contributed by atoms with van der Waals surface area (Å²) in [6.07, 6.45) is 0. The largest absolute Gasteiger partial charge is 2.00 e. The molecular formula is MgO6S4. The molecule has 0 aromatic heterocycles. The summed E-state index contributed by atoms with van der Waals surface area (Å²) in [7, 11) is -10.5. The Morgan fingerprint density at radius 1 is 0.818 bits per heavy atom. The molecule has 0 aliphatic rings. The Labute approximate surface area is 86.3 Å². The van der Waals surface area contributed by atoms with E-state index in [0.717, 1.165) is 0 Å². The van der Waals surface area contributed by atoms with Crippen molar-refractivity contribution in [3.05, 3.63) is 0 Å². The van der Waals surface area contributed by atoms with Crippen molar-refractivity contribution in [2.45, 2.75) is 0 Å². The summed E-state index contributed by atoms with van der Waals surface area (Å²) < 4.78 is 58.0. The maximum Gasteiger partial charge on any atom is 2.00 e. The van der Waals surface area contributed by atoms with Crippen LogP contribution in [-0.4, -0.2) is 49.0 Å². The van der Waals surface area contributed by atoms with Crippen LogP contribution < -0.4 is 0 Å². The maximum absolute atomic E-state index is 9.66. The summed E-state index contributed by atoms with van der Waals surface area (Å²) in [5.74, 6) is 0. The standard InChI is InChI=1S/Mg.H2O6S4/c;1-9(2,3)7-8-10(4,5)6/h;(H,1,2,3)(H,4,5,6)/q+2;/p-2. The molecule has 11 heavy (non-hydrogen) atoms. The van der Waals surface area contributed by atoms with Crippen LogP contribution in [0.2, 0.25) is 0 Å². The minimum atomic E-state index is -4.71. The Hall–Kier alpha value is 1.29. The van der Waals surface area contributed by atoms with Crippen LogP contribution in [0.15, 0.2) is 0 Å². The van der Waals surface area contributed by atoms with Crippen molar-refractivity contribution in [2.24, 2.45) is 0 Å². The molecule has 0 radical (unpaired) electrons. The van der Waals surface area contributed by atoms with E-state index >= 15 is 0 Å². The van der Waals surface area contributed by atoms with Crippen molar-refractivity contribution < 1.29 is 25.9 Å². The maximum atomic E-state index is 9.66. The van der Waals surface area contributed by atoms with E-state index in [-0.39, 0.29) is 23.1 Å². The monoisotopic (exact) mass is 248 g/mol. The van der Waals surface area contributed by atoms with E-state index in [4.69, 9.17) is 0 Å². The third-order valence-corrected chi connectivity index (χ3v) is 6.75. The fourth-order valence-corrected chi connectivity index (χ4v) is 5.51. The molecular weight excluding hydrogens is 249 g/mol. The molecule has 0 aromatic carbocycles. The molecule has 0 aromatic rings. The van der Waals surface area contributed by atoms with E-state index in [1.807, 2.05) is 0 Å². The van der Waals surface area contributed by atoms with Crippen molar-refractivity contribution in [2.75, 3.05) is 0 Å². The summed E-state index contributed by atoms with van der Waals surface area (Å²) in [4.78, 5) is 0. The second-order valence-corrected chi connectivity index (χ2v) is 8.57. The molecule has 0 amide bonds. The Kier molecular flexibility index (Phi) is 6.87. The molecule has 6 nitrogen and oxygen atoms in total. The van der Waals surface area contributed by atoms with Gasteiger partial charge >= 0.3 is 23.1 Å². The summed E-state index contributed by atoms with van der Waals surface area (Å²) in [5.41, 5.74) is 0. The second kappa shape index (κ2) is 5.11. The van der Waals surface area contributed by atoms with Crippen molar-refractivity contribution >= 4 is 61.0 Å². The van der Waals surface area contributed by atoms with Gasteiger partial charge < -0.3 is 9.11 Å². The van der Waals surface area contributed by atoms with Crippen LogP contribution in [0.1, 0.15) is 0 Å². The minimum absolute atomic E-state index is 0. The first kappa shape index (κ1) is 14.8. The van der Waals surface area contributed by atoms with Crippen LogP contribution >= 0.6 is 19.7 Å². The van der Waals surface area contributed by atoms with Gasteiger partial charge in [-0.25, -0.2) is 16.8 Å². The Morgan fingerprint density at radius 2 is 1.00 bits per heavy atom. The predicted molar refractivity (Wildman–Crippen MR) is 40.3 cm³/mol. The number of hydrogen-bond acceptors (Lipinski definition) is 8. The van der Waals surface area contributed by atoms with Gasteiger partial charge in [0.05, 0.1) is 0 Å². The topological polar surface area (TPSA) is 114 Å². The van der Waals surface area contributed by atoms with E-state index < -0.39 is 38.0 Å². The zero-order valence-corrected chi connectivity index (χ0v) is 9.47. The van der Waals surface area contributed by atoms with Crippen molar-refractivity contribution in [3.63, 3.8) is 0 Å². The molecule has 0 rings (SSSR count). The zero-order valence-electron chi connectivity index (χ0n) is 4.79. The summed E-state index contributed by atoms with van der Waals surface area (Å²) in [5, 5.41) is 0. The molecule has 0 saturated carbocycles. The third-order valence-electron chi connectivity index (χ3n) is 0.194. The molecule has 0 saturated heterocycles. The number of rotatable bonds is 3. The average molecular weight is 249 g/mol. The van der Waals surface area contributed by atoms with Crippen LogP contribution in [-0.2, 0) is 18.3 Å². The normalized spacial score (nSPS) is 12.2. The summed E-state index contributed by atoms with van der Waals surface area (Å²) in [6, 6.07) is 0. The molecule has 11 heteroatoms. The van der Waals surface area contributed by atoms with Gasteiger partial charge in [-0.05, 0) is 0 Å². The van der Waals surface area contributed by atoms with Crippen LogP contribution in [0.3, 0.4) is 0 Å². The van der Waals surface area contributed by atoms with Gasteiger partial charge in [-0.3, -0.25) is 0 Å². The molecule has 0 atom stereocenters. The van der Waals surface area contributed by atoms with Gasteiger partial charge in [0, 0.05) is 19.7 Å². The summed E-state index contributed by atoms with van der Waals surface area (Å²) >= 11 is 0. The van der Waals surface area contributed by atoms with Gasteiger partial charge in [-0.1, -0.05) is 0 Å². The average Bonchev–Trinajstić information content (AvgIpc) is 1.57. The third kappa shape index (κ3) is 14.2.